The summed E-state index contributed by atoms with van der Waals surface area (Å²) >= 11 is 0. The van der Waals surface area contributed by atoms with Crippen molar-refractivity contribution in [1.29, 1.82) is 0 Å². The molecule has 3 aromatic rings. The number of aromatic amines is 1. The van der Waals surface area contributed by atoms with Crippen LogP contribution in [0.25, 0.3) is 11.1 Å². The zero-order chi connectivity index (χ0) is 14.8. The summed E-state index contributed by atoms with van der Waals surface area (Å²) in [6.07, 6.45) is 0. The van der Waals surface area contributed by atoms with Gasteiger partial charge in [-0.15, -0.1) is 0 Å². The monoisotopic (exact) mass is 283 g/mol. The van der Waals surface area contributed by atoms with E-state index in [0.29, 0.717) is 16.8 Å². The van der Waals surface area contributed by atoms with Crippen molar-refractivity contribution in [3.05, 3.63) is 64.6 Å². The molecule has 6 nitrogen and oxygen atoms in total. The van der Waals surface area contributed by atoms with Crippen molar-refractivity contribution < 1.29 is 9.21 Å². The molecule has 21 heavy (non-hydrogen) atoms. The lowest BCUT2D eigenvalue weighted by Gasteiger charge is -2.12. The number of anilines is 1. The fourth-order valence-corrected chi connectivity index (χ4v) is 2.06. The van der Waals surface area contributed by atoms with E-state index in [1.165, 1.54) is 0 Å². The van der Waals surface area contributed by atoms with Crippen LogP contribution in [-0.4, -0.2) is 10.9 Å². The fraction of sp³-hybridized carbons (Fsp3) is 0.0667. The summed E-state index contributed by atoms with van der Waals surface area (Å²) in [5.74, 6) is -0.860. The number of amides is 1. The fourth-order valence-electron chi connectivity index (χ4n) is 2.06. The van der Waals surface area contributed by atoms with Crippen LogP contribution in [0.5, 0.6) is 0 Å². The average molecular weight is 283 g/mol. The van der Waals surface area contributed by atoms with Gasteiger partial charge in [-0.05, 0) is 23.8 Å². The molecule has 4 N–H and O–H groups in total. The van der Waals surface area contributed by atoms with Crippen LogP contribution in [0.3, 0.4) is 0 Å². The molecule has 0 fully saturated rings. The number of benzene rings is 2. The van der Waals surface area contributed by atoms with E-state index >= 15 is 0 Å². The lowest BCUT2D eigenvalue weighted by Crippen LogP contribution is -2.27. The molecule has 0 bridgehead atoms. The third-order valence-corrected chi connectivity index (χ3v) is 3.13. The maximum absolute atomic E-state index is 12.1. The van der Waals surface area contributed by atoms with E-state index in [1.807, 2.05) is 18.2 Å². The molecule has 1 aromatic heterocycles. The molecule has 1 heterocycles. The normalized spacial score (nSPS) is 12.2. The quantitative estimate of drug-likeness (QED) is 0.681. The number of hydrogen-bond donors (Lipinski definition) is 3. The molecular weight excluding hydrogens is 270 g/mol. The van der Waals surface area contributed by atoms with Crippen LogP contribution in [0, 0.1) is 0 Å². The average Bonchev–Trinajstić information content (AvgIpc) is 2.86. The van der Waals surface area contributed by atoms with Crippen LogP contribution < -0.4 is 16.8 Å². The van der Waals surface area contributed by atoms with Crippen molar-refractivity contribution >= 4 is 22.7 Å². The molecule has 0 saturated carbocycles. The number of hydrogen-bond acceptors (Lipinski definition) is 4. The number of aromatic nitrogens is 1. The predicted octanol–water partition coefficient (Wildman–Crippen LogP) is 1.76. The number of carbonyl (C=O) groups excluding carboxylic acids is 1. The lowest BCUT2D eigenvalue weighted by molar-refractivity contribution is -0.117. The first-order valence-corrected chi connectivity index (χ1v) is 6.38. The van der Waals surface area contributed by atoms with Gasteiger partial charge in [-0.1, -0.05) is 30.3 Å². The van der Waals surface area contributed by atoms with Crippen LogP contribution in [0.4, 0.5) is 5.69 Å². The molecule has 0 radical (unpaired) electrons. The van der Waals surface area contributed by atoms with Crippen molar-refractivity contribution in [2.75, 3.05) is 5.32 Å². The van der Waals surface area contributed by atoms with Crippen molar-refractivity contribution in [2.45, 2.75) is 6.04 Å². The molecule has 1 amide bonds. The third-order valence-electron chi connectivity index (χ3n) is 3.13. The van der Waals surface area contributed by atoms with Gasteiger partial charge in [0.2, 0.25) is 5.91 Å². The van der Waals surface area contributed by atoms with Crippen molar-refractivity contribution in [2.24, 2.45) is 5.73 Å². The molecule has 0 unspecified atom stereocenters. The molecule has 0 saturated heterocycles. The molecule has 6 heteroatoms. The van der Waals surface area contributed by atoms with Gasteiger partial charge >= 0.3 is 5.76 Å². The van der Waals surface area contributed by atoms with E-state index in [1.54, 1.807) is 30.3 Å². The first-order chi connectivity index (χ1) is 10.1. The second kappa shape index (κ2) is 5.26. The van der Waals surface area contributed by atoms with E-state index in [4.69, 9.17) is 10.2 Å². The Morgan fingerprint density at radius 3 is 2.71 bits per heavy atom. The van der Waals surface area contributed by atoms with Crippen LogP contribution in [-0.2, 0) is 4.79 Å². The Morgan fingerprint density at radius 1 is 1.19 bits per heavy atom. The molecular formula is C15H13N3O3. The van der Waals surface area contributed by atoms with E-state index in [-0.39, 0.29) is 5.91 Å². The summed E-state index contributed by atoms with van der Waals surface area (Å²) in [4.78, 5) is 25.7. The smallest absolute Gasteiger partial charge is 0.408 e. The van der Waals surface area contributed by atoms with Gasteiger partial charge in [0.25, 0.3) is 0 Å². The minimum absolute atomic E-state index is 0.327. The Labute approximate surface area is 119 Å². The molecule has 0 spiro atoms. The summed E-state index contributed by atoms with van der Waals surface area (Å²) in [7, 11) is 0. The minimum Gasteiger partial charge on any atom is -0.408 e. The zero-order valence-corrected chi connectivity index (χ0v) is 11.0. The Morgan fingerprint density at radius 2 is 1.95 bits per heavy atom. The molecule has 3 rings (SSSR count). The maximum atomic E-state index is 12.1. The maximum Gasteiger partial charge on any atom is 0.417 e. The van der Waals surface area contributed by atoms with Crippen LogP contribution in [0.2, 0.25) is 0 Å². The Hall–Kier alpha value is -2.86. The highest BCUT2D eigenvalue weighted by Crippen LogP contribution is 2.18. The minimum atomic E-state index is -0.759. The molecule has 0 aliphatic carbocycles. The number of fused-ring (bicyclic) bond motifs is 1. The highest BCUT2D eigenvalue weighted by Gasteiger charge is 2.15. The van der Waals surface area contributed by atoms with E-state index in [0.717, 1.165) is 5.56 Å². The first kappa shape index (κ1) is 13.1. The Bertz CT molecular complexity index is 836. The molecule has 0 aliphatic rings. The highest BCUT2D eigenvalue weighted by atomic mass is 16.4. The van der Waals surface area contributed by atoms with Crippen molar-refractivity contribution in [3.63, 3.8) is 0 Å². The van der Waals surface area contributed by atoms with Crippen molar-refractivity contribution in [3.8, 4) is 0 Å². The van der Waals surface area contributed by atoms with Gasteiger partial charge in [0.15, 0.2) is 5.58 Å². The van der Waals surface area contributed by atoms with Gasteiger partial charge < -0.3 is 15.5 Å². The molecule has 1 atom stereocenters. The highest BCUT2D eigenvalue weighted by molar-refractivity contribution is 5.96. The number of rotatable bonds is 3. The number of nitrogens with two attached hydrogens (primary N) is 1. The summed E-state index contributed by atoms with van der Waals surface area (Å²) in [5, 5.41) is 2.71. The second-order valence-corrected chi connectivity index (χ2v) is 4.60. The summed E-state index contributed by atoms with van der Waals surface area (Å²) in [5.41, 5.74) is 8.14. The second-order valence-electron chi connectivity index (χ2n) is 4.60. The largest absolute Gasteiger partial charge is 0.417 e. The molecule has 0 aliphatic heterocycles. The van der Waals surface area contributed by atoms with Gasteiger partial charge in [0.1, 0.15) is 6.04 Å². The molecule has 106 valence electrons. The van der Waals surface area contributed by atoms with Gasteiger partial charge in [-0.3, -0.25) is 9.78 Å². The summed E-state index contributed by atoms with van der Waals surface area (Å²) < 4.78 is 4.90. The first-order valence-electron chi connectivity index (χ1n) is 6.38. The summed E-state index contributed by atoms with van der Waals surface area (Å²) in [6.45, 7) is 0. The SMILES string of the molecule is N[C@H](C(=O)Nc1ccc2oc(=O)[nH]c2c1)c1ccccc1. The van der Waals surface area contributed by atoms with E-state index in [2.05, 4.69) is 10.3 Å². The lowest BCUT2D eigenvalue weighted by atomic mass is 10.1. The Balaban J connectivity index is 1.81. The molecule has 2 aromatic carbocycles. The topological polar surface area (TPSA) is 101 Å². The number of oxazole rings is 1. The van der Waals surface area contributed by atoms with Crippen LogP contribution in [0.1, 0.15) is 11.6 Å². The predicted molar refractivity (Wildman–Crippen MR) is 78.8 cm³/mol. The number of H-pyrrole nitrogens is 1. The van der Waals surface area contributed by atoms with Crippen LogP contribution in [0.15, 0.2) is 57.7 Å². The van der Waals surface area contributed by atoms with Gasteiger partial charge in [-0.25, -0.2) is 4.79 Å². The van der Waals surface area contributed by atoms with Gasteiger partial charge in [0, 0.05) is 5.69 Å². The van der Waals surface area contributed by atoms with E-state index in [9.17, 15) is 9.59 Å². The summed E-state index contributed by atoms with van der Waals surface area (Å²) in [6, 6.07) is 13.2. The Kier molecular flexibility index (Phi) is 3.29. The third kappa shape index (κ3) is 2.70. The van der Waals surface area contributed by atoms with Gasteiger partial charge in [0.05, 0.1) is 5.52 Å². The number of carbonyl (C=O) groups is 1. The van der Waals surface area contributed by atoms with E-state index < -0.39 is 11.8 Å². The standard InChI is InChI=1S/C15H13N3O3/c16-13(9-4-2-1-3-5-9)14(19)17-10-6-7-12-11(8-10)18-15(20)21-12/h1-8,13H,16H2,(H,17,19)(H,18,20)/t13-/m0/s1. The number of nitrogens with one attached hydrogen (secondary N) is 2. The zero-order valence-electron chi connectivity index (χ0n) is 11.0. The van der Waals surface area contributed by atoms with Gasteiger partial charge in [-0.2, -0.15) is 0 Å². The van der Waals surface area contributed by atoms with Crippen LogP contribution >= 0.6 is 0 Å². The van der Waals surface area contributed by atoms with Crippen molar-refractivity contribution in [1.82, 2.24) is 4.98 Å².